The summed E-state index contributed by atoms with van der Waals surface area (Å²) in [5.74, 6) is 0.660. The Morgan fingerprint density at radius 3 is 2.88 bits per heavy atom. The Morgan fingerprint density at radius 1 is 1.56 bits per heavy atom. The van der Waals surface area contributed by atoms with E-state index in [9.17, 15) is 9.59 Å². The van der Waals surface area contributed by atoms with Crippen molar-refractivity contribution < 1.29 is 14.4 Å². The molecule has 1 aliphatic rings. The van der Waals surface area contributed by atoms with Crippen molar-refractivity contribution in [1.82, 2.24) is 5.32 Å². The van der Waals surface area contributed by atoms with Crippen LogP contribution in [0.25, 0.3) is 0 Å². The van der Waals surface area contributed by atoms with Gasteiger partial charge in [-0.05, 0) is 38.8 Å². The largest absolute Gasteiger partial charge is 0.426 e. The lowest BCUT2D eigenvalue weighted by Crippen LogP contribution is -2.45. The molecule has 0 bridgehead atoms. The van der Waals surface area contributed by atoms with E-state index in [1.54, 1.807) is 19.9 Å². The van der Waals surface area contributed by atoms with Gasteiger partial charge in [-0.2, -0.15) is 0 Å². The molecule has 25 heavy (non-hydrogen) atoms. The average molecular weight is 365 g/mol. The zero-order chi connectivity index (χ0) is 18.6. The van der Waals surface area contributed by atoms with Crippen LogP contribution in [0.15, 0.2) is 31.5 Å². The quantitative estimate of drug-likeness (QED) is 0.458. The molecule has 2 rings (SSSR count). The number of hydrogen-bond donors (Lipinski definition) is 2. The van der Waals surface area contributed by atoms with Crippen LogP contribution in [0.5, 0.6) is 0 Å². The van der Waals surface area contributed by atoms with Gasteiger partial charge in [0.05, 0.1) is 6.04 Å². The normalized spacial score (nSPS) is 21.8. The summed E-state index contributed by atoms with van der Waals surface area (Å²) in [4.78, 5) is 28.8. The molecule has 136 valence electrons. The molecule has 1 unspecified atom stereocenters. The van der Waals surface area contributed by atoms with Crippen molar-refractivity contribution in [3.8, 4) is 0 Å². The van der Waals surface area contributed by atoms with Crippen LogP contribution in [0.2, 0.25) is 0 Å². The molecular formula is C17H23N3O4S. The maximum absolute atomic E-state index is 12.8. The van der Waals surface area contributed by atoms with E-state index in [4.69, 9.17) is 9.62 Å². The van der Waals surface area contributed by atoms with E-state index in [1.165, 1.54) is 17.8 Å². The number of hydrogen-bond acceptors (Lipinski definition) is 7. The second-order valence-electron chi connectivity index (χ2n) is 6.34. The predicted molar refractivity (Wildman–Crippen MR) is 98.7 cm³/mol. The molecule has 8 heteroatoms. The third-order valence-electron chi connectivity index (χ3n) is 3.95. The van der Waals surface area contributed by atoms with Gasteiger partial charge in [-0.1, -0.05) is 18.5 Å². The number of rotatable bonds is 6. The SMILES string of the molecule is CCC[C@@H](NC(=O)C1(C)CSC(/C(C)=N\O)=N1)c1cc(C)cc(=O)o1. The van der Waals surface area contributed by atoms with Gasteiger partial charge in [-0.3, -0.25) is 9.79 Å². The van der Waals surface area contributed by atoms with Gasteiger partial charge in [-0.25, -0.2) is 4.79 Å². The number of carbonyl (C=O) groups excluding carboxylic acids is 1. The fourth-order valence-electron chi connectivity index (χ4n) is 2.53. The number of aliphatic imine (C=N–C) groups is 1. The van der Waals surface area contributed by atoms with Crippen LogP contribution in [0.3, 0.4) is 0 Å². The molecule has 7 nitrogen and oxygen atoms in total. The molecule has 0 fully saturated rings. The number of aryl methyl sites for hydroxylation is 1. The van der Waals surface area contributed by atoms with E-state index in [0.717, 1.165) is 12.0 Å². The molecular weight excluding hydrogens is 342 g/mol. The van der Waals surface area contributed by atoms with Crippen LogP contribution in [0.4, 0.5) is 0 Å². The minimum atomic E-state index is -0.956. The highest BCUT2D eigenvalue weighted by Crippen LogP contribution is 2.30. The summed E-state index contributed by atoms with van der Waals surface area (Å²) < 4.78 is 5.28. The van der Waals surface area contributed by atoms with Crippen molar-refractivity contribution in [3.63, 3.8) is 0 Å². The minimum absolute atomic E-state index is 0.247. The van der Waals surface area contributed by atoms with E-state index in [2.05, 4.69) is 15.5 Å². The molecule has 0 aromatic carbocycles. The molecule has 2 N–H and O–H groups in total. The fourth-order valence-corrected chi connectivity index (χ4v) is 3.66. The molecule has 0 radical (unpaired) electrons. The first-order chi connectivity index (χ1) is 11.8. The van der Waals surface area contributed by atoms with Gasteiger partial charge in [-0.15, -0.1) is 11.8 Å². The number of amides is 1. The van der Waals surface area contributed by atoms with Crippen LogP contribution in [-0.4, -0.2) is 33.2 Å². The van der Waals surface area contributed by atoms with Crippen molar-refractivity contribution in [2.45, 2.75) is 52.1 Å². The van der Waals surface area contributed by atoms with Crippen LogP contribution >= 0.6 is 11.8 Å². The van der Waals surface area contributed by atoms with E-state index < -0.39 is 17.2 Å². The average Bonchev–Trinajstić information content (AvgIpc) is 2.96. The van der Waals surface area contributed by atoms with Gasteiger partial charge in [0.2, 0.25) is 5.91 Å². The highest BCUT2D eigenvalue weighted by molar-refractivity contribution is 8.16. The Balaban J connectivity index is 2.23. The third kappa shape index (κ3) is 4.50. The van der Waals surface area contributed by atoms with Crippen LogP contribution in [0.1, 0.15) is 51.0 Å². The zero-order valence-electron chi connectivity index (χ0n) is 14.8. The van der Waals surface area contributed by atoms with Gasteiger partial charge in [0.15, 0.2) is 0 Å². The summed E-state index contributed by atoms with van der Waals surface area (Å²) in [5.41, 5.74) is -0.207. The Kier molecular flexibility index (Phi) is 6.05. The van der Waals surface area contributed by atoms with Crippen molar-refractivity contribution >= 4 is 28.4 Å². The van der Waals surface area contributed by atoms with Gasteiger partial charge in [0.25, 0.3) is 0 Å². The lowest BCUT2D eigenvalue weighted by atomic mass is 10.0. The topological polar surface area (TPSA) is 104 Å². The predicted octanol–water partition coefficient (Wildman–Crippen LogP) is 2.66. The summed E-state index contributed by atoms with van der Waals surface area (Å²) >= 11 is 1.38. The summed E-state index contributed by atoms with van der Waals surface area (Å²) in [6, 6.07) is 2.79. The van der Waals surface area contributed by atoms with Crippen molar-refractivity contribution in [3.05, 3.63) is 33.9 Å². The summed E-state index contributed by atoms with van der Waals surface area (Å²) in [6.07, 6.45) is 1.47. The Labute approximate surface area is 150 Å². The maximum atomic E-state index is 12.8. The monoisotopic (exact) mass is 365 g/mol. The summed E-state index contributed by atoms with van der Waals surface area (Å²) in [6.45, 7) is 7.18. The standard InChI is InChI=1S/C17H23N3O4S/c1-5-6-12(13-7-10(2)8-14(21)24-13)18-16(22)17(4)9-25-15(19-17)11(3)20-23/h7-8,12,23H,5-6,9H2,1-4H3,(H,18,22)/b20-11-/t12-,17?/m1/s1. The van der Waals surface area contributed by atoms with Gasteiger partial charge < -0.3 is 14.9 Å². The molecule has 1 aromatic heterocycles. The van der Waals surface area contributed by atoms with E-state index >= 15 is 0 Å². The zero-order valence-corrected chi connectivity index (χ0v) is 15.6. The second-order valence-corrected chi connectivity index (χ2v) is 7.30. The van der Waals surface area contributed by atoms with Gasteiger partial charge >= 0.3 is 5.63 Å². The minimum Gasteiger partial charge on any atom is -0.426 e. The Hall–Kier alpha value is -2.09. The molecule has 0 aliphatic carbocycles. The Morgan fingerprint density at radius 2 is 2.28 bits per heavy atom. The maximum Gasteiger partial charge on any atom is 0.336 e. The van der Waals surface area contributed by atoms with Gasteiger partial charge in [0.1, 0.15) is 22.1 Å². The molecule has 2 heterocycles. The van der Waals surface area contributed by atoms with E-state index in [0.29, 0.717) is 28.7 Å². The first-order valence-corrected chi connectivity index (χ1v) is 9.12. The second kappa shape index (κ2) is 7.86. The molecule has 0 saturated heterocycles. The number of nitrogens with zero attached hydrogens (tertiary/aromatic N) is 2. The lowest BCUT2D eigenvalue weighted by Gasteiger charge is -2.24. The van der Waals surface area contributed by atoms with Gasteiger partial charge in [0, 0.05) is 11.8 Å². The fraction of sp³-hybridized carbons (Fsp3) is 0.529. The van der Waals surface area contributed by atoms with Crippen molar-refractivity contribution in [2.24, 2.45) is 10.1 Å². The number of carbonyl (C=O) groups is 1. The smallest absolute Gasteiger partial charge is 0.336 e. The van der Waals surface area contributed by atoms with Crippen LogP contribution < -0.4 is 10.9 Å². The third-order valence-corrected chi connectivity index (χ3v) is 5.31. The molecule has 1 aromatic rings. The number of nitrogens with one attached hydrogen (secondary N) is 1. The van der Waals surface area contributed by atoms with E-state index in [1.807, 2.05) is 13.8 Å². The summed E-state index contributed by atoms with van der Waals surface area (Å²) in [5, 5.41) is 15.5. The van der Waals surface area contributed by atoms with Crippen molar-refractivity contribution in [2.75, 3.05) is 5.75 Å². The highest BCUT2D eigenvalue weighted by Gasteiger charge is 2.40. The first-order valence-electron chi connectivity index (χ1n) is 8.13. The van der Waals surface area contributed by atoms with Crippen LogP contribution in [0, 0.1) is 6.92 Å². The molecule has 0 spiro atoms. The molecule has 2 atom stereocenters. The lowest BCUT2D eigenvalue weighted by molar-refractivity contribution is -0.125. The van der Waals surface area contributed by atoms with Crippen molar-refractivity contribution in [1.29, 1.82) is 0 Å². The Bertz CT molecular complexity index is 771. The number of oxime groups is 1. The molecule has 1 amide bonds. The molecule has 1 aliphatic heterocycles. The highest BCUT2D eigenvalue weighted by atomic mass is 32.2. The molecule has 0 saturated carbocycles. The first kappa shape index (κ1) is 19.2. The number of thioether (sulfide) groups is 1. The summed E-state index contributed by atoms with van der Waals surface area (Å²) in [7, 11) is 0. The van der Waals surface area contributed by atoms with Crippen LogP contribution in [-0.2, 0) is 4.79 Å². The van der Waals surface area contributed by atoms with E-state index in [-0.39, 0.29) is 5.91 Å².